The predicted octanol–water partition coefficient (Wildman–Crippen LogP) is 4.45. The SMILES string of the molecule is Cc1ccc(-n2c(C)cc(C(=O)CSc3nnc(N4CCOCC4)n3Cc3ccco3)c2C)cc1. The number of rotatable bonds is 8. The molecule has 1 fully saturated rings. The van der Waals surface area contributed by atoms with E-state index in [1.165, 1.54) is 17.3 Å². The topological polar surface area (TPSA) is 78.3 Å². The number of morpholine rings is 1. The first-order valence-electron chi connectivity index (χ1n) is 11.7. The number of hydrogen-bond donors (Lipinski definition) is 0. The van der Waals surface area contributed by atoms with Gasteiger partial charge in [0.15, 0.2) is 10.9 Å². The standard InChI is InChI=1S/C26H29N5O3S/c1-18-6-8-21(9-7-18)31-19(2)15-23(20(31)3)24(32)17-35-26-28-27-25(29-10-13-33-14-11-29)30(26)16-22-5-4-12-34-22/h4-9,12,15H,10-11,13-14,16-17H2,1-3H3. The molecule has 5 rings (SSSR count). The predicted molar refractivity (Wildman–Crippen MR) is 136 cm³/mol. The molecule has 4 aromatic rings. The second kappa shape index (κ2) is 10.1. The van der Waals surface area contributed by atoms with Gasteiger partial charge >= 0.3 is 0 Å². The monoisotopic (exact) mass is 491 g/mol. The molecule has 0 bridgehead atoms. The fourth-order valence-corrected chi connectivity index (χ4v) is 5.24. The quantitative estimate of drug-likeness (QED) is 0.266. The molecule has 0 unspecified atom stereocenters. The Bertz CT molecular complexity index is 1300. The summed E-state index contributed by atoms with van der Waals surface area (Å²) < 4.78 is 15.2. The van der Waals surface area contributed by atoms with Gasteiger partial charge in [0.05, 0.1) is 31.8 Å². The maximum atomic E-state index is 13.3. The Morgan fingerprint density at radius 3 is 2.54 bits per heavy atom. The third-order valence-corrected chi connectivity index (χ3v) is 7.21. The number of Topliss-reactive ketones (excluding diaryl/α,β-unsaturated/α-hetero) is 1. The average molecular weight is 492 g/mol. The first kappa shape index (κ1) is 23.4. The smallest absolute Gasteiger partial charge is 0.228 e. The van der Waals surface area contributed by atoms with Crippen molar-refractivity contribution in [2.24, 2.45) is 0 Å². The van der Waals surface area contributed by atoms with Gasteiger partial charge in [-0.15, -0.1) is 10.2 Å². The van der Waals surface area contributed by atoms with E-state index >= 15 is 0 Å². The van der Waals surface area contributed by atoms with Crippen LogP contribution in [-0.4, -0.2) is 57.2 Å². The lowest BCUT2D eigenvalue weighted by Crippen LogP contribution is -2.38. The maximum Gasteiger partial charge on any atom is 0.228 e. The number of carbonyl (C=O) groups excluding carboxylic acids is 1. The highest BCUT2D eigenvalue weighted by atomic mass is 32.2. The molecule has 1 aromatic carbocycles. The number of anilines is 1. The van der Waals surface area contributed by atoms with E-state index in [2.05, 4.69) is 50.9 Å². The zero-order chi connectivity index (χ0) is 24.4. The van der Waals surface area contributed by atoms with E-state index in [0.717, 1.165) is 47.4 Å². The van der Waals surface area contributed by atoms with Crippen molar-refractivity contribution in [1.82, 2.24) is 19.3 Å². The van der Waals surface area contributed by atoms with Crippen LogP contribution in [0.3, 0.4) is 0 Å². The van der Waals surface area contributed by atoms with Crippen molar-refractivity contribution < 1.29 is 13.9 Å². The Morgan fingerprint density at radius 1 is 1.06 bits per heavy atom. The van der Waals surface area contributed by atoms with Crippen LogP contribution in [0.4, 0.5) is 5.95 Å². The number of aryl methyl sites for hydroxylation is 2. The lowest BCUT2D eigenvalue weighted by Gasteiger charge is -2.27. The van der Waals surface area contributed by atoms with Crippen LogP contribution >= 0.6 is 11.8 Å². The number of ether oxygens (including phenoxy) is 1. The van der Waals surface area contributed by atoms with Crippen molar-refractivity contribution in [1.29, 1.82) is 0 Å². The molecule has 8 nitrogen and oxygen atoms in total. The van der Waals surface area contributed by atoms with Crippen molar-refractivity contribution >= 4 is 23.5 Å². The first-order valence-corrected chi connectivity index (χ1v) is 12.7. The van der Waals surface area contributed by atoms with Gasteiger partial charge in [-0.25, -0.2) is 0 Å². The second-order valence-corrected chi connectivity index (χ2v) is 9.66. The summed E-state index contributed by atoms with van der Waals surface area (Å²) in [5.41, 5.74) is 4.99. The van der Waals surface area contributed by atoms with Crippen LogP contribution in [0.2, 0.25) is 0 Å². The molecule has 4 heterocycles. The van der Waals surface area contributed by atoms with Crippen LogP contribution in [0.1, 0.15) is 33.1 Å². The molecule has 0 aliphatic carbocycles. The molecule has 0 radical (unpaired) electrons. The van der Waals surface area contributed by atoms with Crippen molar-refractivity contribution in [3.05, 3.63) is 77.0 Å². The second-order valence-electron chi connectivity index (χ2n) is 8.72. The number of carbonyl (C=O) groups is 1. The summed E-state index contributed by atoms with van der Waals surface area (Å²) in [5.74, 6) is 1.94. The van der Waals surface area contributed by atoms with Gasteiger partial charge in [0.1, 0.15) is 5.76 Å². The molecule has 0 amide bonds. The number of furan rings is 1. The Balaban J connectivity index is 1.36. The van der Waals surface area contributed by atoms with Crippen molar-refractivity contribution in [3.63, 3.8) is 0 Å². The minimum absolute atomic E-state index is 0.0712. The molecule has 182 valence electrons. The minimum atomic E-state index is 0.0712. The van der Waals surface area contributed by atoms with E-state index < -0.39 is 0 Å². The fraction of sp³-hybridized carbons (Fsp3) is 0.346. The summed E-state index contributed by atoms with van der Waals surface area (Å²) in [7, 11) is 0. The van der Waals surface area contributed by atoms with Crippen molar-refractivity contribution in [2.45, 2.75) is 32.5 Å². The molecule has 1 aliphatic rings. The molecule has 1 aliphatic heterocycles. The molecule has 0 saturated carbocycles. The van der Waals surface area contributed by atoms with Crippen LogP contribution in [0.5, 0.6) is 0 Å². The molecule has 0 spiro atoms. The van der Waals surface area contributed by atoms with Gasteiger partial charge in [-0.2, -0.15) is 0 Å². The summed E-state index contributed by atoms with van der Waals surface area (Å²) in [4.78, 5) is 15.5. The van der Waals surface area contributed by atoms with Crippen LogP contribution in [-0.2, 0) is 11.3 Å². The number of hydrogen-bond acceptors (Lipinski definition) is 7. The highest BCUT2D eigenvalue weighted by Crippen LogP contribution is 2.27. The maximum absolute atomic E-state index is 13.3. The van der Waals surface area contributed by atoms with E-state index in [4.69, 9.17) is 9.15 Å². The number of ketones is 1. The molecule has 35 heavy (non-hydrogen) atoms. The normalized spacial score (nSPS) is 14.0. The highest BCUT2D eigenvalue weighted by Gasteiger charge is 2.23. The van der Waals surface area contributed by atoms with Gasteiger partial charge in [-0.1, -0.05) is 29.5 Å². The summed E-state index contributed by atoms with van der Waals surface area (Å²) >= 11 is 1.41. The number of thioether (sulfide) groups is 1. The number of aromatic nitrogens is 4. The van der Waals surface area contributed by atoms with E-state index in [9.17, 15) is 4.79 Å². The van der Waals surface area contributed by atoms with Crippen molar-refractivity contribution in [2.75, 3.05) is 37.0 Å². The number of benzene rings is 1. The third kappa shape index (κ3) is 4.92. The summed E-state index contributed by atoms with van der Waals surface area (Å²) in [6.45, 7) is 9.43. The van der Waals surface area contributed by atoms with Crippen LogP contribution < -0.4 is 4.90 Å². The summed E-state index contributed by atoms with van der Waals surface area (Å²) in [6, 6.07) is 14.1. The van der Waals surface area contributed by atoms with Gasteiger partial charge in [0.25, 0.3) is 0 Å². The van der Waals surface area contributed by atoms with Crippen LogP contribution in [0.25, 0.3) is 5.69 Å². The lowest BCUT2D eigenvalue weighted by molar-refractivity contribution is 0.102. The van der Waals surface area contributed by atoms with Gasteiger partial charge in [-0.3, -0.25) is 9.36 Å². The van der Waals surface area contributed by atoms with Crippen LogP contribution in [0, 0.1) is 20.8 Å². The van der Waals surface area contributed by atoms with Crippen molar-refractivity contribution in [3.8, 4) is 5.69 Å². The van der Waals surface area contributed by atoms with E-state index in [0.29, 0.717) is 24.9 Å². The molecular weight excluding hydrogens is 462 g/mol. The molecule has 1 saturated heterocycles. The zero-order valence-electron chi connectivity index (χ0n) is 20.2. The molecular formula is C26H29N5O3S. The zero-order valence-corrected chi connectivity index (χ0v) is 21.0. The molecule has 3 aromatic heterocycles. The average Bonchev–Trinajstić information content (AvgIpc) is 3.59. The Hall–Kier alpha value is -3.30. The Labute approximate surface area is 208 Å². The number of nitrogens with zero attached hydrogens (tertiary/aromatic N) is 5. The Morgan fingerprint density at radius 2 is 1.83 bits per heavy atom. The fourth-order valence-electron chi connectivity index (χ4n) is 4.43. The van der Waals surface area contributed by atoms with E-state index in [1.807, 2.05) is 36.6 Å². The molecule has 9 heteroatoms. The van der Waals surface area contributed by atoms with Gasteiger partial charge in [0, 0.05) is 35.7 Å². The molecule has 0 N–H and O–H groups in total. The third-order valence-electron chi connectivity index (χ3n) is 6.24. The minimum Gasteiger partial charge on any atom is -0.467 e. The van der Waals surface area contributed by atoms with E-state index in [1.54, 1.807) is 6.26 Å². The van der Waals surface area contributed by atoms with E-state index in [-0.39, 0.29) is 11.5 Å². The summed E-state index contributed by atoms with van der Waals surface area (Å²) in [6.07, 6.45) is 1.66. The largest absolute Gasteiger partial charge is 0.467 e. The first-order chi connectivity index (χ1) is 17.0. The van der Waals surface area contributed by atoms with Crippen LogP contribution in [0.15, 0.2) is 58.3 Å². The van der Waals surface area contributed by atoms with Gasteiger partial charge in [-0.05, 0) is 51.1 Å². The van der Waals surface area contributed by atoms with Gasteiger partial charge < -0.3 is 18.6 Å². The Kier molecular flexibility index (Phi) is 6.79. The van der Waals surface area contributed by atoms with Gasteiger partial charge in [0.2, 0.25) is 5.95 Å². The molecule has 0 atom stereocenters. The lowest BCUT2D eigenvalue weighted by atomic mass is 10.2. The highest BCUT2D eigenvalue weighted by molar-refractivity contribution is 7.99. The summed E-state index contributed by atoms with van der Waals surface area (Å²) in [5, 5.41) is 9.59.